The van der Waals surface area contributed by atoms with Crippen molar-refractivity contribution in [1.82, 2.24) is 9.88 Å². The fourth-order valence-corrected chi connectivity index (χ4v) is 2.32. The third kappa shape index (κ3) is 4.43. The van der Waals surface area contributed by atoms with Gasteiger partial charge in [0.25, 0.3) is 11.2 Å². The molecule has 0 unspecified atom stereocenters. The van der Waals surface area contributed by atoms with Crippen LogP contribution >= 0.6 is 11.6 Å². The Balaban J connectivity index is 2.19. The quantitative estimate of drug-likeness (QED) is 0.647. The lowest BCUT2D eigenvalue weighted by Gasteiger charge is -2.15. The third-order valence-corrected chi connectivity index (χ3v) is 3.72. The van der Waals surface area contributed by atoms with Crippen molar-refractivity contribution < 1.29 is 9.72 Å². The van der Waals surface area contributed by atoms with E-state index in [0.29, 0.717) is 5.02 Å². The topological polar surface area (TPSA) is 118 Å². The molecule has 0 bridgehead atoms. The summed E-state index contributed by atoms with van der Waals surface area (Å²) >= 11 is 5.81. The third-order valence-electron chi connectivity index (χ3n) is 3.46. The molecule has 1 atom stereocenters. The summed E-state index contributed by atoms with van der Waals surface area (Å²) < 4.78 is 0.848. The molecule has 2 rings (SSSR count). The number of rotatable bonds is 5. The van der Waals surface area contributed by atoms with Gasteiger partial charge in [-0.2, -0.15) is 5.26 Å². The molecule has 8 nitrogen and oxygen atoms in total. The van der Waals surface area contributed by atoms with Crippen LogP contribution in [-0.4, -0.2) is 15.4 Å². The number of benzene rings is 1. The van der Waals surface area contributed by atoms with E-state index in [1.807, 2.05) is 0 Å². The van der Waals surface area contributed by atoms with Gasteiger partial charge in [-0.15, -0.1) is 0 Å². The summed E-state index contributed by atoms with van der Waals surface area (Å²) in [6.45, 7) is 1.31. The number of amides is 1. The van der Waals surface area contributed by atoms with Crippen molar-refractivity contribution in [2.45, 2.75) is 19.5 Å². The van der Waals surface area contributed by atoms with E-state index in [1.165, 1.54) is 0 Å². The van der Waals surface area contributed by atoms with Gasteiger partial charge in [0.1, 0.15) is 18.2 Å². The van der Waals surface area contributed by atoms with Crippen molar-refractivity contribution in [2.24, 2.45) is 0 Å². The summed E-state index contributed by atoms with van der Waals surface area (Å²) in [4.78, 5) is 34.3. The summed E-state index contributed by atoms with van der Waals surface area (Å²) in [7, 11) is 0. The lowest BCUT2D eigenvalue weighted by Crippen LogP contribution is -2.34. The monoisotopic (exact) mass is 360 g/mol. The van der Waals surface area contributed by atoms with Gasteiger partial charge in [-0.1, -0.05) is 23.7 Å². The lowest BCUT2D eigenvalue weighted by atomic mass is 10.1. The Kier molecular flexibility index (Phi) is 5.52. The fourth-order valence-electron chi connectivity index (χ4n) is 2.19. The zero-order chi connectivity index (χ0) is 18.6. The minimum Gasteiger partial charge on any atom is -0.348 e. The molecule has 1 heterocycles. The van der Waals surface area contributed by atoms with Gasteiger partial charge in [0.15, 0.2) is 0 Å². The minimum absolute atomic E-state index is 0.352. The molecule has 1 N–H and O–H groups in total. The van der Waals surface area contributed by atoms with Crippen LogP contribution in [0.15, 0.2) is 41.3 Å². The number of carbonyl (C=O) groups is 1. The molecular weight excluding hydrogens is 348 g/mol. The summed E-state index contributed by atoms with van der Waals surface area (Å²) in [5.74, 6) is -0.520. The largest absolute Gasteiger partial charge is 0.348 e. The maximum atomic E-state index is 12.1. The highest BCUT2D eigenvalue weighted by Gasteiger charge is 2.16. The Bertz CT molecular complexity index is 915. The van der Waals surface area contributed by atoms with Crippen molar-refractivity contribution in [3.8, 4) is 6.07 Å². The highest BCUT2D eigenvalue weighted by molar-refractivity contribution is 6.30. The molecule has 0 aliphatic carbocycles. The number of hydrogen-bond acceptors (Lipinski definition) is 5. The number of hydrogen-bond donors (Lipinski definition) is 1. The Morgan fingerprint density at radius 3 is 2.64 bits per heavy atom. The van der Waals surface area contributed by atoms with Gasteiger partial charge in [-0.05, 0) is 24.6 Å². The van der Waals surface area contributed by atoms with Gasteiger partial charge in [-0.25, -0.2) is 0 Å². The predicted octanol–water partition coefficient (Wildman–Crippen LogP) is 2.16. The summed E-state index contributed by atoms with van der Waals surface area (Å²) in [5.41, 5.74) is -0.785. The molecular formula is C16H13ClN4O4. The van der Waals surface area contributed by atoms with E-state index in [0.717, 1.165) is 22.4 Å². The maximum absolute atomic E-state index is 12.1. The molecule has 0 saturated carbocycles. The van der Waals surface area contributed by atoms with Gasteiger partial charge < -0.3 is 5.32 Å². The predicted molar refractivity (Wildman–Crippen MR) is 90.1 cm³/mol. The number of nitrogens with one attached hydrogen (secondary N) is 1. The second-order valence-corrected chi connectivity index (χ2v) is 5.69. The van der Waals surface area contributed by atoms with Crippen LogP contribution in [0.25, 0.3) is 0 Å². The van der Waals surface area contributed by atoms with Gasteiger partial charge in [0, 0.05) is 11.1 Å². The number of nitro groups is 1. The number of carbonyl (C=O) groups excluding carboxylic acids is 1. The van der Waals surface area contributed by atoms with Crippen molar-refractivity contribution >= 4 is 23.2 Å². The van der Waals surface area contributed by atoms with Gasteiger partial charge in [-0.3, -0.25) is 24.3 Å². The number of aromatic nitrogens is 1. The molecule has 0 aliphatic heterocycles. The zero-order valence-electron chi connectivity index (χ0n) is 13.1. The molecule has 2 aromatic rings. The van der Waals surface area contributed by atoms with Crippen molar-refractivity contribution in [3.05, 3.63) is 73.1 Å². The van der Waals surface area contributed by atoms with E-state index < -0.39 is 34.2 Å². The molecule has 1 amide bonds. The molecule has 0 spiro atoms. The average Bonchev–Trinajstić information content (AvgIpc) is 2.56. The van der Waals surface area contributed by atoms with E-state index in [-0.39, 0.29) is 6.04 Å². The Morgan fingerprint density at radius 2 is 2.08 bits per heavy atom. The van der Waals surface area contributed by atoms with Crippen LogP contribution in [0.5, 0.6) is 0 Å². The van der Waals surface area contributed by atoms with Crippen LogP contribution in [0.2, 0.25) is 5.02 Å². The second-order valence-electron chi connectivity index (χ2n) is 5.25. The molecule has 25 heavy (non-hydrogen) atoms. The van der Waals surface area contributed by atoms with E-state index in [9.17, 15) is 19.7 Å². The second kappa shape index (κ2) is 7.59. The van der Waals surface area contributed by atoms with Crippen LogP contribution in [0, 0.1) is 21.4 Å². The molecule has 0 fully saturated rings. The number of halogens is 1. The highest BCUT2D eigenvalue weighted by Crippen LogP contribution is 2.16. The molecule has 1 aromatic heterocycles. The van der Waals surface area contributed by atoms with Gasteiger partial charge in [0.05, 0.1) is 17.2 Å². The van der Waals surface area contributed by atoms with Crippen LogP contribution in [0.3, 0.4) is 0 Å². The first-order valence-corrected chi connectivity index (χ1v) is 7.53. The molecule has 0 aliphatic rings. The van der Waals surface area contributed by atoms with Crippen LogP contribution in [0.4, 0.5) is 5.69 Å². The number of pyridine rings is 1. The first kappa shape index (κ1) is 18.2. The average molecular weight is 361 g/mol. The smallest absolute Gasteiger partial charge is 0.287 e. The van der Waals surface area contributed by atoms with E-state index in [2.05, 4.69) is 5.32 Å². The summed E-state index contributed by atoms with van der Waals surface area (Å²) in [6, 6.07) is 8.99. The molecule has 1 aromatic carbocycles. The highest BCUT2D eigenvalue weighted by atomic mass is 35.5. The fraction of sp³-hybridized carbons (Fsp3) is 0.188. The summed E-state index contributed by atoms with van der Waals surface area (Å²) in [6.07, 6.45) is 0.940. The van der Waals surface area contributed by atoms with Crippen LogP contribution in [0.1, 0.15) is 24.1 Å². The minimum atomic E-state index is -0.762. The molecule has 128 valence electrons. The van der Waals surface area contributed by atoms with Crippen LogP contribution in [-0.2, 0) is 11.3 Å². The van der Waals surface area contributed by atoms with E-state index in [4.69, 9.17) is 16.9 Å². The molecule has 0 radical (unpaired) electrons. The SMILES string of the molecule is C[C@@H](NC(=O)Cn1cc([N+](=O)[O-])cc(C#N)c1=O)c1ccc(Cl)cc1. The maximum Gasteiger partial charge on any atom is 0.287 e. The van der Waals surface area contributed by atoms with Crippen LogP contribution < -0.4 is 10.9 Å². The first-order valence-electron chi connectivity index (χ1n) is 7.15. The Labute approximate surface area is 147 Å². The standard InChI is InChI=1S/C16H13ClN4O4/c1-10(11-2-4-13(17)5-3-11)19-15(22)9-20-8-14(21(24)25)6-12(7-18)16(20)23/h2-6,8,10H,9H2,1H3,(H,19,22)/t10-/m1/s1. The van der Waals surface area contributed by atoms with Crippen molar-refractivity contribution in [3.63, 3.8) is 0 Å². The van der Waals surface area contributed by atoms with Gasteiger partial charge in [0.2, 0.25) is 5.91 Å². The summed E-state index contributed by atoms with van der Waals surface area (Å²) in [5, 5.41) is 23.0. The van der Waals surface area contributed by atoms with Crippen molar-refractivity contribution in [1.29, 1.82) is 5.26 Å². The first-order chi connectivity index (χ1) is 11.8. The number of nitrogens with zero attached hydrogens (tertiary/aromatic N) is 3. The lowest BCUT2D eigenvalue weighted by molar-refractivity contribution is -0.385. The Morgan fingerprint density at radius 1 is 1.44 bits per heavy atom. The normalized spacial score (nSPS) is 11.4. The van der Waals surface area contributed by atoms with E-state index in [1.54, 1.807) is 37.3 Å². The molecule has 0 saturated heterocycles. The number of nitriles is 1. The Hall–Kier alpha value is -3.18. The zero-order valence-corrected chi connectivity index (χ0v) is 13.9. The molecule has 9 heteroatoms. The van der Waals surface area contributed by atoms with E-state index >= 15 is 0 Å². The van der Waals surface area contributed by atoms with Gasteiger partial charge >= 0.3 is 0 Å². The van der Waals surface area contributed by atoms with Crippen molar-refractivity contribution in [2.75, 3.05) is 0 Å².